The number of benzene rings is 1. The fraction of sp³-hybridized carbons (Fsp3) is 0.125. The number of hydrogen-bond donors (Lipinski definition) is 1. The number of anilines is 1. The number of aryl methyl sites for hydroxylation is 1. The maximum atomic E-state index is 12.5. The van der Waals surface area contributed by atoms with E-state index in [2.05, 4.69) is 30.5 Å². The van der Waals surface area contributed by atoms with Gasteiger partial charge in [0.15, 0.2) is 23.9 Å². The van der Waals surface area contributed by atoms with Crippen LogP contribution in [0.1, 0.15) is 11.4 Å². The molecule has 10 nitrogen and oxygen atoms in total. The highest BCUT2D eigenvalue weighted by Crippen LogP contribution is 2.13. The molecule has 10 heteroatoms. The van der Waals surface area contributed by atoms with Gasteiger partial charge < -0.3 is 14.6 Å². The minimum absolute atomic E-state index is 0.0768. The molecule has 0 bridgehead atoms. The van der Waals surface area contributed by atoms with Gasteiger partial charge in [0.05, 0.1) is 0 Å². The van der Waals surface area contributed by atoms with Crippen molar-refractivity contribution in [3.63, 3.8) is 0 Å². The zero-order valence-corrected chi connectivity index (χ0v) is 13.7. The Hall–Kier alpha value is -3.82. The summed E-state index contributed by atoms with van der Waals surface area (Å²) in [5.74, 6) is -0.682. The number of ether oxygens (including phenoxy) is 1. The molecule has 1 N–H and O–H groups in total. The van der Waals surface area contributed by atoms with E-state index in [-0.39, 0.29) is 11.5 Å². The summed E-state index contributed by atoms with van der Waals surface area (Å²) < 4.78 is 10.9. The van der Waals surface area contributed by atoms with Gasteiger partial charge in [0.2, 0.25) is 0 Å². The molecule has 0 unspecified atom stereocenters. The number of carbonyl (C=O) groups excluding carboxylic acids is 2. The highest BCUT2D eigenvalue weighted by atomic mass is 16.5. The lowest BCUT2D eigenvalue weighted by molar-refractivity contribution is -0.141. The van der Waals surface area contributed by atoms with Crippen molar-refractivity contribution >= 4 is 29.5 Å². The smallest absolute Gasteiger partial charge is 0.357 e. The summed E-state index contributed by atoms with van der Waals surface area (Å²) >= 11 is 0. The Labute approximate surface area is 147 Å². The monoisotopic (exact) mass is 354 g/mol. The van der Waals surface area contributed by atoms with Gasteiger partial charge in [-0.05, 0) is 29.0 Å². The van der Waals surface area contributed by atoms with Crippen molar-refractivity contribution in [3.05, 3.63) is 54.0 Å². The Morgan fingerprint density at radius 1 is 1.27 bits per heavy atom. The largest absolute Gasteiger partial charge is 0.451 e. The van der Waals surface area contributed by atoms with Gasteiger partial charge in [-0.15, -0.1) is 5.10 Å². The fourth-order valence-electron chi connectivity index (χ4n) is 2.03. The quantitative estimate of drug-likeness (QED) is 0.516. The Morgan fingerprint density at radius 3 is 2.73 bits per heavy atom. The summed E-state index contributed by atoms with van der Waals surface area (Å²) in [6, 6.07) is 10.6. The van der Waals surface area contributed by atoms with Gasteiger partial charge in [0.1, 0.15) is 6.26 Å². The highest BCUT2D eigenvalue weighted by Gasteiger charge is 2.19. The lowest BCUT2D eigenvalue weighted by Gasteiger charge is -2.08. The van der Waals surface area contributed by atoms with Crippen LogP contribution in [0.2, 0.25) is 0 Å². The molecule has 3 aromatic rings. The van der Waals surface area contributed by atoms with Gasteiger partial charge in [0.25, 0.3) is 5.91 Å². The van der Waals surface area contributed by atoms with E-state index in [0.29, 0.717) is 5.82 Å². The van der Waals surface area contributed by atoms with Crippen LogP contribution in [-0.4, -0.2) is 43.8 Å². The first-order chi connectivity index (χ1) is 12.6. The van der Waals surface area contributed by atoms with Gasteiger partial charge in [-0.25, -0.2) is 4.79 Å². The summed E-state index contributed by atoms with van der Waals surface area (Å²) in [6.07, 6.45) is 2.88. The van der Waals surface area contributed by atoms with Crippen molar-refractivity contribution in [2.45, 2.75) is 6.92 Å². The third kappa shape index (κ3) is 4.17. The fourth-order valence-corrected chi connectivity index (χ4v) is 2.03. The third-order valence-electron chi connectivity index (χ3n) is 3.21. The molecule has 0 radical (unpaired) electrons. The molecule has 0 atom stereocenters. The second-order valence-corrected chi connectivity index (χ2v) is 5.09. The molecule has 2 heterocycles. The first kappa shape index (κ1) is 17.0. The van der Waals surface area contributed by atoms with Gasteiger partial charge in [-0.3, -0.25) is 4.79 Å². The van der Waals surface area contributed by atoms with Crippen LogP contribution in [0.4, 0.5) is 5.82 Å². The van der Waals surface area contributed by atoms with Crippen LogP contribution in [-0.2, 0) is 14.3 Å². The van der Waals surface area contributed by atoms with E-state index in [9.17, 15) is 9.59 Å². The zero-order valence-electron chi connectivity index (χ0n) is 13.7. The van der Waals surface area contributed by atoms with Crippen molar-refractivity contribution in [2.24, 2.45) is 0 Å². The Kier molecular flexibility index (Phi) is 5.13. The number of rotatable bonds is 6. The Balaban J connectivity index is 1.74. The number of tetrazole rings is 1. The van der Waals surface area contributed by atoms with Crippen LogP contribution in [0.15, 0.2) is 47.2 Å². The molecule has 0 spiro atoms. The number of nitrogens with zero attached hydrogens (tertiary/aromatic N) is 5. The van der Waals surface area contributed by atoms with Crippen LogP contribution in [0, 0.1) is 6.92 Å². The van der Waals surface area contributed by atoms with E-state index in [1.54, 1.807) is 13.0 Å². The van der Waals surface area contributed by atoms with Crippen LogP contribution >= 0.6 is 0 Å². The van der Waals surface area contributed by atoms with E-state index in [0.717, 1.165) is 5.56 Å². The maximum absolute atomic E-state index is 12.5. The number of nitrogens with one attached hydrogen (secondary N) is 1. The number of carbonyl (C=O) groups is 2. The minimum Gasteiger partial charge on any atom is -0.451 e. The molecule has 132 valence electrons. The Bertz CT molecular complexity index is 917. The van der Waals surface area contributed by atoms with E-state index in [4.69, 9.17) is 4.74 Å². The topological polar surface area (TPSA) is 125 Å². The molecule has 0 saturated carbocycles. The average Bonchev–Trinajstić information content (AvgIpc) is 3.30. The zero-order chi connectivity index (χ0) is 18.4. The average molecular weight is 354 g/mol. The van der Waals surface area contributed by atoms with E-state index in [1.165, 1.54) is 17.0 Å². The molecular formula is C16H14N6O4. The predicted molar refractivity (Wildman–Crippen MR) is 89.3 cm³/mol. The van der Waals surface area contributed by atoms with Crippen molar-refractivity contribution in [1.29, 1.82) is 0 Å². The predicted octanol–water partition coefficient (Wildman–Crippen LogP) is 1.15. The summed E-state index contributed by atoms with van der Waals surface area (Å²) in [5.41, 5.74) is 0.828. The standard InChI is InChI=1S/C16H14N6O4/c1-11-18-20-21-22(11)13(9-12-5-3-2-4-6-12)16(24)25-10-15(23)17-14-7-8-26-19-14/h2-9H,10H2,1H3,(H,17,19,23)/b13-9-. The second-order valence-electron chi connectivity index (χ2n) is 5.09. The normalized spacial score (nSPS) is 11.2. The molecule has 2 aromatic heterocycles. The summed E-state index contributed by atoms with van der Waals surface area (Å²) in [5, 5.41) is 17.0. The van der Waals surface area contributed by atoms with Gasteiger partial charge in [-0.2, -0.15) is 4.68 Å². The lowest BCUT2D eigenvalue weighted by atomic mass is 10.2. The van der Waals surface area contributed by atoms with E-state index in [1.807, 2.05) is 30.3 Å². The van der Waals surface area contributed by atoms with Gasteiger partial charge in [0, 0.05) is 6.07 Å². The lowest BCUT2D eigenvalue weighted by Crippen LogP contribution is -2.23. The highest BCUT2D eigenvalue weighted by molar-refractivity contribution is 6.15. The minimum atomic E-state index is -0.750. The summed E-state index contributed by atoms with van der Waals surface area (Å²) in [4.78, 5) is 24.3. The van der Waals surface area contributed by atoms with Crippen LogP contribution < -0.4 is 5.32 Å². The number of amides is 1. The SMILES string of the molecule is Cc1nnnn1/C(=C\c1ccccc1)C(=O)OCC(=O)Nc1ccon1. The maximum Gasteiger partial charge on any atom is 0.357 e. The molecule has 26 heavy (non-hydrogen) atoms. The number of aromatic nitrogens is 5. The number of hydrogen-bond acceptors (Lipinski definition) is 8. The Morgan fingerprint density at radius 2 is 2.08 bits per heavy atom. The molecule has 0 aliphatic carbocycles. The molecule has 3 rings (SSSR count). The molecule has 1 amide bonds. The molecule has 0 saturated heterocycles. The van der Waals surface area contributed by atoms with E-state index < -0.39 is 18.5 Å². The van der Waals surface area contributed by atoms with Crippen LogP contribution in [0.3, 0.4) is 0 Å². The van der Waals surface area contributed by atoms with Gasteiger partial charge >= 0.3 is 5.97 Å². The molecular weight excluding hydrogens is 340 g/mol. The first-order valence-corrected chi connectivity index (χ1v) is 7.53. The van der Waals surface area contributed by atoms with Crippen LogP contribution in [0.5, 0.6) is 0 Å². The van der Waals surface area contributed by atoms with Gasteiger partial charge in [-0.1, -0.05) is 35.5 Å². The first-order valence-electron chi connectivity index (χ1n) is 7.53. The summed E-state index contributed by atoms with van der Waals surface area (Å²) in [6.45, 7) is 1.14. The van der Waals surface area contributed by atoms with E-state index >= 15 is 0 Å². The molecule has 0 aliphatic heterocycles. The van der Waals surface area contributed by atoms with Crippen molar-refractivity contribution in [1.82, 2.24) is 25.4 Å². The molecule has 0 fully saturated rings. The summed E-state index contributed by atoms with van der Waals surface area (Å²) in [7, 11) is 0. The van der Waals surface area contributed by atoms with Crippen molar-refractivity contribution in [2.75, 3.05) is 11.9 Å². The van der Waals surface area contributed by atoms with Crippen molar-refractivity contribution < 1.29 is 18.8 Å². The third-order valence-corrected chi connectivity index (χ3v) is 3.21. The van der Waals surface area contributed by atoms with Crippen LogP contribution in [0.25, 0.3) is 11.8 Å². The van der Waals surface area contributed by atoms with Crippen molar-refractivity contribution in [3.8, 4) is 0 Å². The number of esters is 1. The molecule has 0 aliphatic rings. The molecule has 1 aromatic carbocycles. The second kappa shape index (κ2) is 7.83.